The summed E-state index contributed by atoms with van der Waals surface area (Å²) in [6.07, 6.45) is -0.527. The fraction of sp³-hybridized carbons (Fsp3) is 1.00. The molecule has 1 unspecified atom stereocenters. The summed E-state index contributed by atoms with van der Waals surface area (Å²) in [6.45, 7) is 0. The van der Waals surface area contributed by atoms with Crippen LogP contribution in [0, 0.1) is 0 Å². The predicted octanol–water partition coefficient (Wildman–Crippen LogP) is -4.96. The summed E-state index contributed by atoms with van der Waals surface area (Å²) in [6, 6.07) is 0. The van der Waals surface area contributed by atoms with E-state index < -0.39 is 42.8 Å². The van der Waals surface area contributed by atoms with Crippen LogP contribution < -0.4 is 29.6 Å². The Labute approximate surface area is 98.3 Å². The van der Waals surface area contributed by atoms with Gasteiger partial charge in [-0.25, -0.2) is 16.8 Å². The number of sulfone groups is 1. The molecular weight excluding hydrogens is 231 g/mol. The molecule has 1 fully saturated rings. The van der Waals surface area contributed by atoms with Gasteiger partial charge in [-0.15, -0.1) is 0 Å². The largest absolute Gasteiger partial charge is 1.00 e. The summed E-state index contributed by atoms with van der Waals surface area (Å²) in [5, 5.41) is 9.08. The minimum Gasteiger partial charge on any atom is -0.746 e. The Balaban J connectivity index is 0.00000144. The molecule has 13 heavy (non-hydrogen) atoms. The fourth-order valence-corrected chi connectivity index (χ4v) is 4.22. The van der Waals surface area contributed by atoms with Crippen molar-refractivity contribution in [3.05, 3.63) is 0 Å². The van der Waals surface area contributed by atoms with Crippen molar-refractivity contribution in [2.24, 2.45) is 0 Å². The average molecular weight is 238 g/mol. The van der Waals surface area contributed by atoms with Gasteiger partial charge in [-0.3, -0.25) is 0 Å². The van der Waals surface area contributed by atoms with Crippen LogP contribution in [-0.2, 0) is 20.0 Å². The third-order valence-electron chi connectivity index (χ3n) is 1.71. The summed E-state index contributed by atoms with van der Waals surface area (Å²) in [5.74, 6) is -1.43. The molecule has 1 rings (SSSR count). The van der Waals surface area contributed by atoms with Gasteiger partial charge in [-0.05, 0) is 0 Å². The van der Waals surface area contributed by atoms with E-state index >= 15 is 0 Å². The smallest absolute Gasteiger partial charge is 0.746 e. The summed E-state index contributed by atoms with van der Waals surface area (Å²) >= 11 is 0. The van der Waals surface area contributed by atoms with Crippen molar-refractivity contribution >= 4 is 20.0 Å². The first-order chi connectivity index (χ1) is 5.16. The molecule has 1 atom stereocenters. The van der Waals surface area contributed by atoms with Crippen molar-refractivity contribution in [1.82, 2.24) is 0 Å². The molecule has 0 aromatic carbocycles. The number of hydrogen-bond donors (Lipinski definition) is 1. The van der Waals surface area contributed by atoms with Crippen molar-refractivity contribution in [2.45, 2.75) is 11.4 Å². The normalized spacial score (nSPS) is 32.5. The Kier molecular flexibility index (Phi) is 4.00. The molecule has 0 aromatic heterocycles. The van der Waals surface area contributed by atoms with E-state index in [2.05, 4.69) is 0 Å². The third-order valence-corrected chi connectivity index (χ3v) is 4.92. The van der Waals surface area contributed by atoms with Gasteiger partial charge in [0.25, 0.3) is 0 Å². The molecule has 0 radical (unpaired) electrons. The maximum absolute atomic E-state index is 10.7. The first kappa shape index (κ1) is 13.8. The van der Waals surface area contributed by atoms with Crippen LogP contribution in [0.15, 0.2) is 0 Å². The average Bonchev–Trinajstić information content (AvgIpc) is 2.05. The third kappa shape index (κ3) is 2.88. The van der Waals surface area contributed by atoms with Crippen LogP contribution in [0.1, 0.15) is 6.42 Å². The Hall–Kier alpha value is 0.820. The second-order valence-corrected chi connectivity index (χ2v) is 6.59. The van der Waals surface area contributed by atoms with E-state index in [-0.39, 0.29) is 29.6 Å². The van der Waals surface area contributed by atoms with Gasteiger partial charge in [-0.2, -0.15) is 0 Å². The second kappa shape index (κ2) is 3.76. The number of aliphatic hydroxyl groups is 1. The van der Waals surface area contributed by atoms with Crippen LogP contribution in [0.4, 0.5) is 0 Å². The summed E-state index contributed by atoms with van der Waals surface area (Å²) < 4.78 is 52.6. The summed E-state index contributed by atoms with van der Waals surface area (Å²) in [4.78, 5) is -2.61. The van der Waals surface area contributed by atoms with Gasteiger partial charge in [0.15, 0.2) is 14.8 Å². The molecule has 0 spiro atoms. The molecule has 0 aromatic rings. The molecule has 9 heteroatoms. The van der Waals surface area contributed by atoms with E-state index in [0.29, 0.717) is 0 Å². The Bertz CT molecular complexity index is 383. The van der Waals surface area contributed by atoms with Crippen molar-refractivity contribution in [3.8, 4) is 0 Å². The van der Waals surface area contributed by atoms with Crippen LogP contribution in [-0.4, -0.2) is 42.9 Å². The van der Waals surface area contributed by atoms with Crippen molar-refractivity contribution in [1.29, 1.82) is 0 Å². The monoisotopic (exact) mass is 238 g/mol. The SMILES string of the molecule is O=S1(=O)CCC(O)(S(=O)(=O)[O-])C1.[Na+]. The number of rotatable bonds is 1. The summed E-state index contributed by atoms with van der Waals surface area (Å²) in [7, 11) is -8.51. The Morgan fingerprint density at radius 1 is 1.38 bits per heavy atom. The first-order valence-corrected chi connectivity index (χ1v) is 6.28. The van der Waals surface area contributed by atoms with Crippen molar-refractivity contribution < 1.29 is 56.1 Å². The standard InChI is InChI=1S/C4H8O6S2.Na/c5-4(12(8,9)10)1-2-11(6,7)3-4;/h5H,1-3H2,(H,8,9,10);/q;+1/p-1. The first-order valence-electron chi connectivity index (χ1n) is 3.05. The maximum Gasteiger partial charge on any atom is 1.00 e. The molecule has 0 saturated carbocycles. The zero-order valence-corrected chi connectivity index (χ0v) is 10.6. The van der Waals surface area contributed by atoms with Gasteiger partial charge in [0.1, 0.15) is 10.1 Å². The van der Waals surface area contributed by atoms with Crippen LogP contribution in [0.2, 0.25) is 0 Å². The van der Waals surface area contributed by atoms with Crippen LogP contribution >= 0.6 is 0 Å². The zero-order chi connectivity index (χ0) is 9.62. The molecule has 6 nitrogen and oxygen atoms in total. The Morgan fingerprint density at radius 3 is 2.00 bits per heavy atom. The van der Waals surface area contributed by atoms with E-state index in [9.17, 15) is 21.4 Å². The minimum absolute atomic E-state index is 0. The molecule has 72 valence electrons. The van der Waals surface area contributed by atoms with E-state index in [1.807, 2.05) is 0 Å². The van der Waals surface area contributed by atoms with Crippen LogP contribution in [0.5, 0.6) is 0 Å². The van der Waals surface area contributed by atoms with Gasteiger partial charge in [-0.1, -0.05) is 0 Å². The Morgan fingerprint density at radius 2 is 1.85 bits per heavy atom. The number of hydrogen-bond acceptors (Lipinski definition) is 6. The topological polar surface area (TPSA) is 112 Å². The van der Waals surface area contributed by atoms with Crippen LogP contribution in [0.3, 0.4) is 0 Å². The summed E-state index contributed by atoms with van der Waals surface area (Å²) in [5.41, 5.74) is 0. The molecule has 1 N–H and O–H groups in total. The van der Waals surface area contributed by atoms with Gasteiger partial charge < -0.3 is 9.66 Å². The van der Waals surface area contributed by atoms with E-state index in [1.54, 1.807) is 0 Å². The molecule has 0 aliphatic carbocycles. The quantitative estimate of drug-likeness (QED) is 0.362. The molecule has 1 heterocycles. The molecule has 0 amide bonds. The minimum atomic E-state index is -4.95. The van der Waals surface area contributed by atoms with Gasteiger partial charge in [0, 0.05) is 6.42 Å². The molecule has 1 aliphatic heterocycles. The second-order valence-electron chi connectivity index (χ2n) is 2.74. The van der Waals surface area contributed by atoms with Gasteiger partial charge in [0.2, 0.25) is 0 Å². The van der Waals surface area contributed by atoms with Gasteiger partial charge >= 0.3 is 29.6 Å². The van der Waals surface area contributed by atoms with E-state index in [4.69, 9.17) is 5.11 Å². The molecule has 1 aliphatic rings. The van der Waals surface area contributed by atoms with Crippen LogP contribution in [0.25, 0.3) is 0 Å². The van der Waals surface area contributed by atoms with Crippen molar-refractivity contribution in [2.75, 3.05) is 11.5 Å². The van der Waals surface area contributed by atoms with E-state index in [1.165, 1.54) is 0 Å². The van der Waals surface area contributed by atoms with Gasteiger partial charge in [0.05, 0.1) is 11.5 Å². The predicted molar refractivity (Wildman–Crippen MR) is 37.9 cm³/mol. The zero-order valence-electron chi connectivity index (χ0n) is 6.93. The molecular formula is C4H7NaO6S2. The van der Waals surface area contributed by atoms with E-state index in [0.717, 1.165) is 0 Å². The maximum atomic E-state index is 10.7. The fourth-order valence-electron chi connectivity index (χ4n) is 1.00. The molecule has 1 saturated heterocycles. The van der Waals surface area contributed by atoms with Crippen molar-refractivity contribution in [3.63, 3.8) is 0 Å². The molecule has 0 bridgehead atoms.